The number of hydrogen-bond donors (Lipinski definition) is 2. The molecule has 1 heterocycles. The number of amides is 1. The van der Waals surface area contributed by atoms with E-state index in [1.807, 2.05) is 37.3 Å². The fourth-order valence-electron chi connectivity index (χ4n) is 2.10. The number of benzene rings is 1. The van der Waals surface area contributed by atoms with Gasteiger partial charge in [0.2, 0.25) is 0 Å². The molecule has 0 saturated carbocycles. The molecule has 0 aliphatic heterocycles. The van der Waals surface area contributed by atoms with Crippen LogP contribution in [0.4, 0.5) is 0 Å². The van der Waals surface area contributed by atoms with Crippen molar-refractivity contribution in [3.05, 3.63) is 42.2 Å². The fraction of sp³-hybridized carbons (Fsp3) is 0.412. The average molecular weight is 316 g/mol. The van der Waals surface area contributed by atoms with Crippen LogP contribution in [0, 0.1) is 0 Å². The molecule has 124 valence electrons. The molecule has 0 atom stereocenters. The number of aromatic nitrogens is 2. The number of hydrogen-bond acceptors (Lipinski definition) is 4. The van der Waals surface area contributed by atoms with Crippen LogP contribution < -0.4 is 15.8 Å². The lowest BCUT2D eigenvalue weighted by molar-refractivity contribution is 0.0943. The minimum atomic E-state index is -0.220. The number of carbonyl (C=O) groups excluding carboxylic acids is 1. The summed E-state index contributed by atoms with van der Waals surface area (Å²) in [5.41, 5.74) is 6.65. The van der Waals surface area contributed by atoms with E-state index in [-0.39, 0.29) is 5.91 Å². The maximum atomic E-state index is 12.3. The van der Waals surface area contributed by atoms with E-state index in [0.29, 0.717) is 31.1 Å². The second-order valence-electron chi connectivity index (χ2n) is 5.22. The predicted molar refractivity (Wildman–Crippen MR) is 90.0 cm³/mol. The molecule has 1 aromatic heterocycles. The van der Waals surface area contributed by atoms with Crippen LogP contribution in [-0.2, 0) is 0 Å². The lowest BCUT2D eigenvalue weighted by atomic mass is 10.3. The summed E-state index contributed by atoms with van der Waals surface area (Å²) in [5.74, 6) is 0.287. The lowest BCUT2D eigenvalue weighted by Crippen LogP contribution is -2.26. The molecular weight excluding hydrogens is 292 g/mol. The Kier molecular flexibility index (Phi) is 6.62. The minimum absolute atomic E-state index is 0.220. The molecule has 0 unspecified atom stereocenters. The molecule has 0 spiro atoms. The fourth-order valence-corrected chi connectivity index (χ4v) is 2.10. The van der Waals surface area contributed by atoms with Gasteiger partial charge in [0, 0.05) is 6.54 Å². The Hall–Kier alpha value is -2.34. The van der Waals surface area contributed by atoms with Gasteiger partial charge in [0.1, 0.15) is 0 Å². The number of nitrogens with one attached hydrogen (secondary N) is 1. The predicted octanol–water partition coefficient (Wildman–Crippen LogP) is 2.13. The number of nitrogens with zero attached hydrogens (tertiary/aromatic N) is 2. The quantitative estimate of drug-likeness (QED) is 0.694. The summed E-state index contributed by atoms with van der Waals surface area (Å²) >= 11 is 0. The van der Waals surface area contributed by atoms with E-state index < -0.39 is 0 Å². The van der Waals surface area contributed by atoms with Gasteiger partial charge in [0.25, 0.3) is 5.91 Å². The molecule has 1 aromatic carbocycles. The first-order valence-electron chi connectivity index (χ1n) is 8.02. The first-order valence-corrected chi connectivity index (χ1v) is 8.02. The van der Waals surface area contributed by atoms with E-state index >= 15 is 0 Å². The maximum absolute atomic E-state index is 12.3. The molecule has 0 aliphatic rings. The van der Waals surface area contributed by atoms with Gasteiger partial charge in [-0.1, -0.05) is 25.1 Å². The Labute approximate surface area is 136 Å². The van der Waals surface area contributed by atoms with Gasteiger partial charge < -0.3 is 15.8 Å². The van der Waals surface area contributed by atoms with Gasteiger partial charge >= 0.3 is 0 Å². The van der Waals surface area contributed by atoms with E-state index in [2.05, 4.69) is 10.4 Å². The van der Waals surface area contributed by atoms with Gasteiger partial charge in [0.15, 0.2) is 11.4 Å². The summed E-state index contributed by atoms with van der Waals surface area (Å²) in [6.07, 6.45) is 4.36. The van der Waals surface area contributed by atoms with Crippen molar-refractivity contribution in [3.63, 3.8) is 0 Å². The summed E-state index contributed by atoms with van der Waals surface area (Å²) < 4.78 is 7.34. The van der Waals surface area contributed by atoms with Gasteiger partial charge in [-0.15, -0.1) is 0 Å². The van der Waals surface area contributed by atoms with Gasteiger partial charge in [0.05, 0.1) is 18.5 Å². The Morgan fingerprint density at radius 2 is 2.09 bits per heavy atom. The summed E-state index contributed by atoms with van der Waals surface area (Å²) in [6, 6.07) is 9.65. The smallest absolute Gasteiger partial charge is 0.275 e. The second-order valence-corrected chi connectivity index (χ2v) is 5.22. The van der Waals surface area contributed by atoms with Crippen molar-refractivity contribution in [1.29, 1.82) is 0 Å². The van der Waals surface area contributed by atoms with E-state index in [1.54, 1.807) is 10.9 Å². The highest BCUT2D eigenvalue weighted by atomic mass is 16.5. The molecule has 6 nitrogen and oxygen atoms in total. The molecule has 2 rings (SSSR count). The number of rotatable bonds is 9. The van der Waals surface area contributed by atoms with E-state index in [1.165, 1.54) is 0 Å². The average Bonchev–Trinajstić information content (AvgIpc) is 3.02. The topological polar surface area (TPSA) is 82.2 Å². The first-order chi connectivity index (χ1) is 11.3. The maximum Gasteiger partial charge on any atom is 0.275 e. The third-order valence-corrected chi connectivity index (χ3v) is 3.29. The standard InChI is InChI=1S/C17H24N4O2/c1-2-12-23-15-13-21(14-8-4-3-5-9-14)20-16(15)17(22)19-11-7-6-10-18/h3-5,8-9,13H,2,6-7,10-12,18H2,1H3,(H,19,22). The van der Waals surface area contributed by atoms with Crippen LogP contribution in [0.25, 0.3) is 5.69 Å². The van der Waals surface area contributed by atoms with Gasteiger partial charge in [-0.05, 0) is 37.9 Å². The molecule has 0 saturated heterocycles. The lowest BCUT2D eigenvalue weighted by Gasteiger charge is -2.05. The van der Waals surface area contributed by atoms with Crippen LogP contribution in [0.15, 0.2) is 36.5 Å². The first kappa shape index (κ1) is 17.0. The zero-order valence-corrected chi connectivity index (χ0v) is 13.5. The molecule has 0 bridgehead atoms. The van der Waals surface area contributed by atoms with Crippen LogP contribution >= 0.6 is 0 Å². The molecule has 6 heteroatoms. The van der Waals surface area contributed by atoms with E-state index in [0.717, 1.165) is 24.9 Å². The summed E-state index contributed by atoms with van der Waals surface area (Å²) in [5, 5.41) is 7.25. The summed E-state index contributed by atoms with van der Waals surface area (Å²) in [6.45, 7) is 3.78. The van der Waals surface area contributed by atoms with Crippen molar-refractivity contribution in [3.8, 4) is 11.4 Å². The van der Waals surface area contributed by atoms with Crippen LogP contribution in [0.2, 0.25) is 0 Å². The third-order valence-electron chi connectivity index (χ3n) is 3.29. The van der Waals surface area contributed by atoms with Crippen LogP contribution in [-0.4, -0.2) is 35.4 Å². The van der Waals surface area contributed by atoms with Crippen LogP contribution in [0.1, 0.15) is 36.7 Å². The Morgan fingerprint density at radius 3 is 2.78 bits per heavy atom. The molecule has 2 aromatic rings. The van der Waals surface area contributed by atoms with Crippen molar-refractivity contribution in [2.24, 2.45) is 5.73 Å². The molecular formula is C17H24N4O2. The van der Waals surface area contributed by atoms with Crippen LogP contribution in [0.5, 0.6) is 5.75 Å². The van der Waals surface area contributed by atoms with E-state index in [4.69, 9.17) is 10.5 Å². The van der Waals surface area contributed by atoms with Crippen molar-refractivity contribution in [2.75, 3.05) is 19.7 Å². The third kappa shape index (κ3) is 4.82. The number of carbonyl (C=O) groups is 1. The zero-order valence-electron chi connectivity index (χ0n) is 13.5. The number of nitrogens with two attached hydrogens (primary N) is 1. The largest absolute Gasteiger partial charge is 0.489 e. The van der Waals surface area contributed by atoms with Gasteiger partial charge in [-0.25, -0.2) is 4.68 Å². The highest BCUT2D eigenvalue weighted by Crippen LogP contribution is 2.20. The zero-order chi connectivity index (χ0) is 16.5. The van der Waals surface area contributed by atoms with E-state index in [9.17, 15) is 4.79 Å². The monoisotopic (exact) mass is 316 g/mol. The van der Waals surface area contributed by atoms with Gasteiger partial charge in [-0.2, -0.15) is 5.10 Å². The molecule has 1 amide bonds. The highest BCUT2D eigenvalue weighted by molar-refractivity contribution is 5.94. The van der Waals surface area contributed by atoms with Crippen molar-refractivity contribution < 1.29 is 9.53 Å². The molecule has 0 radical (unpaired) electrons. The number of para-hydroxylation sites is 1. The van der Waals surface area contributed by atoms with Crippen molar-refractivity contribution in [2.45, 2.75) is 26.2 Å². The Morgan fingerprint density at radius 1 is 1.30 bits per heavy atom. The number of unbranched alkanes of at least 4 members (excludes halogenated alkanes) is 1. The highest BCUT2D eigenvalue weighted by Gasteiger charge is 2.18. The molecule has 3 N–H and O–H groups in total. The normalized spacial score (nSPS) is 10.5. The molecule has 0 fully saturated rings. The Balaban J connectivity index is 2.15. The number of ether oxygens (including phenoxy) is 1. The molecule has 23 heavy (non-hydrogen) atoms. The SMILES string of the molecule is CCCOc1cn(-c2ccccc2)nc1C(=O)NCCCCN. The van der Waals surface area contributed by atoms with Crippen molar-refractivity contribution >= 4 is 5.91 Å². The summed E-state index contributed by atoms with van der Waals surface area (Å²) in [7, 11) is 0. The van der Waals surface area contributed by atoms with Crippen LogP contribution in [0.3, 0.4) is 0 Å². The molecule has 0 aliphatic carbocycles. The van der Waals surface area contributed by atoms with Gasteiger partial charge in [-0.3, -0.25) is 4.79 Å². The Bertz CT molecular complexity index is 610. The summed E-state index contributed by atoms with van der Waals surface area (Å²) in [4.78, 5) is 12.3. The van der Waals surface area contributed by atoms with Crippen molar-refractivity contribution in [1.82, 2.24) is 15.1 Å². The second kappa shape index (κ2) is 8.95. The minimum Gasteiger partial charge on any atom is -0.489 e.